The Kier molecular flexibility index (Phi) is 7.33. The molecule has 1 radical (unpaired) electrons. The van der Waals surface area contributed by atoms with Crippen LogP contribution in [0.15, 0.2) is 83.5 Å². The van der Waals surface area contributed by atoms with Crippen molar-refractivity contribution in [1.82, 2.24) is 15.0 Å². The third-order valence-electron chi connectivity index (χ3n) is 11.6. The maximum atomic E-state index is 9.30. The Hall–Kier alpha value is -3.66. The van der Waals surface area contributed by atoms with Gasteiger partial charge in [-0.1, -0.05) is 75.7 Å². The summed E-state index contributed by atoms with van der Waals surface area (Å²) in [5.41, 5.74) is 4.88. The number of pyridine rings is 3. The van der Waals surface area contributed by atoms with Crippen molar-refractivity contribution >= 4 is 22.1 Å². The van der Waals surface area contributed by atoms with E-state index in [1.807, 2.05) is 12.1 Å². The number of rotatable bonds is 4. The van der Waals surface area contributed by atoms with Crippen molar-refractivity contribution in [2.45, 2.75) is 99.6 Å². The van der Waals surface area contributed by atoms with Gasteiger partial charge in [0.05, 0.1) is 5.58 Å². The standard InChI is InChI=1S/C33H39N2O.C13H12N.Ir/c1-22-10-11-26-25-8-6-9-27(29(25)36-30(26)35-22)28-21-24(14-19-34-28)20-23-12-17-33(18-13-23)31(2,3)15-7-16-32(33,4)5;1-10-3-6-12(7-4-10)13-8-5-11(2)9-14-13;/h6,8,10-11,14,19,21,23H,7,12-13,15-18,20H2,1-5H3;3-6,8-9H,1-2H3;/q2*-1;/i1D3,20D2;1D3,2D3;. The predicted octanol–water partition coefficient (Wildman–Crippen LogP) is 12.3. The molecular weight excluding hydrogens is 803 g/mol. The van der Waals surface area contributed by atoms with E-state index in [9.17, 15) is 2.74 Å². The summed E-state index contributed by atoms with van der Waals surface area (Å²) in [6.07, 6.45) is 9.11. The monoisotopic (exact) mass is 865 g/mol. The third-order valence-corrected chi connectivity index (χ3v) is 11.6. The minimum absolute atomic E-state index is 0. The van der Waals surface area contributed by atoms with Crippen molar-refractivity contribution in [2.24, 2.45) is 22.2 Å². The Bertz CT molecular complexity index is 2440. The van der Waals surface area contributed by atoms with E-state index in [0.29, 0.717) is 33.7 Å². The van der Waals surface area contributed by atoms with Gasteiger partial charge in [-0.2, -0.15) is 0 Å². The van der Waals surface area contributed by atoms with Crippen LogP contribution >= 0.6 is 0 Å². The Morgan fingerprint density at radius 2 is 1.61 bits per heavy atom. The van der Waals surface area contributed by atoms with E-state index in [-0.39, 0.29) is 64.8 Å². The summed E-state index contributed by atoms with van der Waals surface area (Å²) in [7, 11) is 0. The molecule has 2 aliphatic rings. The van der Waals surface area contributed by atoms with Gasteiger partial charge in [0.25, 0.3) is 0 Å². The first-order valence-corrected chi connectivity index (χ1v) is 17.5. The number of hydrogen-bond acceptors (Lipinski definition) is 4. The topological polar surface area (TPSA) is 51.8 Å². The van der Waals surface area contributed by atoms with E-state index in [4.69, 9.17) is 16.8 Å². The molecular formula is C46H51IrN3O-2. The molecule has 0 bridgehead atoms. The summed E-state index contributed by atoms with van der Waals surface area (Å²) < 4.78 is 91.4. The van der Waals surface area contributed by atoms with Crippen molar-refractivity contribution in [2.75, 3.05) is 0 Å². The van der Waals surface area contributed by atoms with E-state index < -0.39 is 26.9 Å². The van der Waals surface area contributed by atoms with Gasteiger partial charge in [0.1, 0.15) is 0 Å². The molecule has 4 heterocycles. The SMILES string of the molecule is [2H]C([2H])([2H])c1c[c-]c(-c2ccc(C([2H])([2H])[2H])cn2)cc1.[2H]C([2H])([2H])c1ccc2c(n1)oc1c(-c3cc(C([2H])([2H])C4CCC5(CC4)C(C)(C)CCCC5(C)C)ccn3)[c-]ccc12.[Ir]. The number of benzene rings is 2. The van der Waals surface area contributed by atoms with Crippen LogP contribution in [0.2, 0.25) is 0 Å². The zero-order valence-electron chi connectivity index (χ0n) is 40.6. The Balaban J connectivity index is 0.000000258. The van der Waals surface area contributed by atoms with Gasteiger partial charge in [0, 0.05) is 58.7 Å². The molecule has 0 saturated heterocycles. The molecule has 6 aromatic rings. The van der Waals surface area contributed by atoms with Crippen LogP contribution in [0.1, 0.15) is 110 Å². The molecule has 4 aromatic heterocycles. The van der Waals surface area contributed by atoms with E-state index >= 15 is 0 Å². The summed E-state index contributed by atoms with van der Waals surface area (Å²) >= 11 is 0. The maximum absolute atomic E-state index is 9.30. The molecule has 8 rings (SSSR count). The second-order valence-corrected chi connectivity index (χ2v) is 15.2. The molecule has 1 spiro atoms. The third kappa shape index (κ3) is 7.35. The molecule has 267 valence electrons. The summed E-state index contributed by atoms with van der Waals surface area (Å²) in [6.45, 7) is 3.08. The molecule has 0 atom stereocenters. The molecule has 4 nitrogen and oxygen atoms in total. The van der Waals surface area contributed by atoms with Gasteiger partial charge in [0.15, 0.2) is 0 Å². The van der Waals surface area contributed by atoms with Crippen LogP contribution in [0.5, 0.6) is 0 Å². The number of furan rings is 1. The maximum Gasteiger partial charge on any atom is 0.216 e. The van der Waals surface area contributed by atoms with Crippen molar-refractivity contribution in [3.05, 3.63) is 114 Å². The summed E-state index contributed by atoms with van der Waals surface area (Å²) in [6, 6.07) is 24.2. The van der Waals surface area contributed by atoms with Crippen LogP contribution in [0.25, 0.3) is 44.6 Å². The molecule has 0 amide bonds. The van der Waals surface area contributed by atoms with Gasteiger partial charge in [-0.25, -0.2) is 4.98 Å². The van der Waals surface area contributed by atoms with Crippen molar-refractivity contribution in [3.8, 4) is 22.5 Å². The fourth-order valence-electron chi connectivity index (χ4n) is 8.82. The quantitative estimate of drug-likeness (QED) is 0.166. The van der Waals surface area contributed by atoms with Crippen LogP contribution in [0, 0.1) is 54.9 Å². The second-order valence-electron chi connectivity index (χ2n) is 15.2. The van der Waals surface area contributed by atoms with Crippen LogP contribution in [0.4, 0.5) is 0 Å². The largest absolute Gasteiger partial charge is 0.486 e. The van der Waals surface area contributed by atoms with Gasteiger partial charge >= 0.3 is 0 Å². The summed E-state index contributed by atoms with van der Waals surface area (Å²) in [5, 5.41) is 1.52. The summed E-state index contributed by atoms with van der Waals surface area (Å²) in [4.78, 5) is 12.9. The molecule has 2 fully saturated rings. The van der Waals surface area contributed by atoms with Gasteiger partial charge in [-0.05, 0) is 116 Å². The number of nitrogens with zero attached hydrogens (tertiary/aromatic N) is 3. The Morgan fingerprint density at radius 1 is 0.824 bits per heavy atom. The fourth-order valence-corrected chi connectivity index (χ4v) is 8.82. The minimum atomic E-state index is -2.33. The van der Waals surface area contributed by atoms with Crippen molar-refractivity contribution in [1.29, 1.82) is 0 Å². The Morgan fingerprint density at radius 3 is 2.29 bits per heavy atom. The molecule has 0 N–H and O–H groups in total. The number of hydrogen-bond donors (Lipinski definition) is 0. The smallest absolute Gasteiger partial charge is 0.216 e. The Labute approximate surface area is 333 Å². The first-order valence-electron chi connectivity index (χ1n) is 23.0. The molecule has 51 heavy (non-hydrogen) atoms. The zero-order chi connectivity index (χ0) is 44.4. The van der Waals surface area contributed by atoms with Crippen LogP contribution in [0.3, 0.4) is 0 Å². The summed E-state index contributed by atoms with van der Waals surface area (Å²) in [5.74, 6) is -0.0645. The minimum Gasteiger partial charge on any atom is -0.486 e. The molecule has 2 saturated carbocycles. The predicted molar refractivity (Wildman–Crippen MR) is 206 cm³/mol. The first-order chi connectivity index (χ1) is 28.3. The van der Waals surface area contributed by atoms with E-state index in [2.05, 4.69) is 54.8 Å². The van der Waals surface area contributed by atoms with Gasteiger partial charge < -0.3 is 14.4 Å². The van der Waals surface area contributed by atoms with Crippen molar-refractivity contribution < 1.29 is 39.6 Å². The molecule has 2 aliphatic carbocycles. The van der Waals surface area contributed by atoms with Crippen molar-refractivity contribution in [3.63, 3.8) is 0 Å². The molecule has 0 aliphatic heterocycles. The van der Waals surface area contributed by atoms with Gasteiger partial charge in [0.2, 0.25) is 5.71 Å². The zero-order valence-corrected chi connectivity index (χ0v) is 32.0. The van der Waals surface area contributed by atoms with Gasteiger partial charge in [-0.3, -0.25) is 0 Å². The number of aromatic nitrogens is 3. The van der Waals surface area contributed by atoms with E-state index in [1.165, 1.54) is 49.7 Å². The van der Waals surface area contributed by atoms with Crippen LogP contribution in [-0.4, -0.2) is 15.0 Å². The normalized spacial score (nSPS) is 22.1. The second kappa shape index (κ2) is 14.8. The average molecular weight is 865 g/mol. The van der Waals surface area contributed by atoms with Crippen LogP contribution in [-0.2, 0) is 26.5 Å². The van der Waals surface area contributed by atoms with Gasteiger partial charge in [-0.15, -0.1) is 53.6 Å². The molecule has 0 unspecified atom stereocenters. The van der Waals surface area contributed by atoms with E-state index in [0.717, 1.165) is 36.5 Å². The number of fused-ring (bicyclic) bond motifs is 3. The van der Waals surface area contributed by atoms with Crippen LogP contribution < -0.4 is 0 Å². The molecule has 5 heteroatoms. The first kappa shape index (κ1) is 25.3. The number of aryl methyl sites for hydroxylation is 3. The van der Waals surface area contributed by atoms with E-state index in [1.54, 1.807) is 36.5 Å². The average Bonchev–Trinajstić information content (AvgIpc) is 3.58. The fraction of sp³-hybridized carbons (Fsp3) is 0.413. The molecule has 2 aromatic carbocycles.